The van der Waals surface area contributed by atoms with E-state index in [0.717, 1.165) is 0 Å². The molecule has 0 aliphatic rings. The van der Waals surface area contributed by atoms with Gasteiger partial charge in [-0.1, -0.05) is 11.6 Å². The Bertz CT molecular complexity index is 688. The summed E-state index contributed by atoms with van der Waals surface area (Å²) in [7, 11) is 0. The average molecular weight is 292 g/mol. The van der Waals surface area contributed by atoms with Crippen LogP contribution in [0.3, 0.4) is 0 Å². The van der Waals surface area contributed by atoms with Crippen LogP contribution in [-0.4, -0.2) is 27.0 Å². The zero-order valence-electron chi connectivity index (χ0n) is 10.4. The molecule has 0 spiro atoms. The van der Waals surface area contributed by atoms with Crippen LogP contribution >= 0.6 is 11.6 Å². The Morgan fingerprint density at radius 3 is 2.70 bits per heavy atom. The number of pyridine rings is 2. The van der Waals surface area contributed by atoms with Crippen LogP contribution in [-0.2, 0) is 0 Å². The Morgan fingerprint density at radius 2 is 2.05 bits per heavy atom. The summed E-state index contributed by atoms with van der Waals surface area (Å²) in [5.74, 6) is -1.83. The van der Waals surface area contributed by atoms with E-state index in [1.165, 1.54) is 24.4 Å². The van der Waals surface area contributed by atoms with Crippen molar-refractivity contribution in [2.45, 2.75) is 6.92 Å². The Labute approximate surface area is 119 Å². The van der Waals surface area contributed by atoms with Gasteiger partial charge < -0.3 is 10.4 Å². The number of amides is 1. The van der Waals surface area contributed by atoms with Gasteiger partial charge in [-0.05, 0) is 31.2 Å². The molecule has 1 amide bonds. The molecule has 2 aromatic heterocycles. The topological polar surface area (TPSA) is 92.2 Å². The monoisotopic (exact) mass is 291 g/mol. The SMILES string of the molecule is Cc1nc(Cl)ccc1NC(=O)c1ncccc1C(=O)O. The molecule has 0 radical (unpaired) electrons. The molecule has 0 saturated carbocycles. The normalized spacial score (nSPS) is 10.1. The van der Waals surface area contributed by atoms with Crippen molar-refractivity contribution in [3.63, 3.8) is 0 Å². The van der Waals surface area contributed by atoms with E-state index in [-0.39, 0.29) is 11.3 Å². The van der Waals surface area contributed by atoms with E-state index in [1.54, 1.807) is 13.0 Å². The number of anilines is 1. The smallest absolute Gasteiger partial charge is 0.338 e. The van der Waals surface area contributed by atoms with E-state index in [1.807, 2.05) is 0 Å². The minimum absolute atomic E-state index is 0.158. The van der Waals surface area contributed by atoms with Crippen molar-refractivity contribution in [2.24, 2.45) is 0 Å². The third-order valence-corrected chi connectivity index (χ3v) is 2.76. The summed E-state index contributed by atoms with van der Waals surface area (Å²) in [5.41, 5.74) is 0.652. The summed E-state index contributed by atoms with van der Waals surface area (Å²) in [6, 6.07) is 5.89. The van der Waals surface area contributed by atoms with Crippen molar-refractivity contribution in [3.8, 4) is 0 Å². The molecule has 0 aliphatic heterocycles. The number of carboxylic acid groups (broad SMARTS) is 1. The summed E-state index contributed by atoms with van der Waals surface area (Å²) in [5, 5.41) is 11.9. The highest BCUT2D eigenvalue weighted by Crippen LogP contribution is 2.17. The fourth-order valence-electron chi connectivity index (χ4n) is 1.60. The maximum absolute atomic E-state index is 12.1. The van der Waals surface area contributed by atoms with Crippen molar-refractivity contribution in [2.75, 3.05) is 5.32 Å². The molecule has 2 N–H and O–H groups in total. The molecule has 0 aromatic carbocycles. The molecule has 2 aromatic rings. The highest BCUT2D eigenvalue weighted by atomic mass is 35.5. The Morgan fingerprint density at radius 1 is 1.30 bits per heavy atom. The first-order valence-corrected chi connectivity index (χ1v) is 5.99. The maximum atomic E-state index is 12.1. The second kappa shape index (κ2) is 5.66. The number of nitrogens with zero attached hydrogens (tertiary/aromatic N) is 2. The lowest BCUT2D eigenvalue weighted by Crippen LogP contribution is -2.18. The van der Waals surface area contributed by atoms with Gasteiger partial charge >= 0.3 is 5.97 Å². The third-order valence-electron chi connectivity index (χ3n) is 2.55. The maximum Gasteiger partial charge on any atom is 0.338 e. The first-order valence-electron chi connectivity index (χ1n) is 5.62. The van der Waals surface area contributed by atoms with Crippen LogP contribution in [0, 0.1) is 6.92 Å². The molecule has 2 rings (SSSR count). The molecule has 20 heavy (non-hydrogen) atoms. The Balaban J connectivity index is 2.31. The fourth-order valence-corrected chi connectivity index (χ4v) is 1.79. The number of rotatable bonds is 3. The van der Waals surface area contributed by atoms with Crippen LogP contribution in [0.1, 0.15) is 26.5 Å². The molecule has 2 heterocycles. The molecule has 7 heteroatoms. The molecule has 0 atom stereocenters. The van der Waals surface area contributed by atoms with E-state index >= 15 is 0 Å². The predicted molar refractivity (Wildman–Crippen MR) is 73.1 cm³/mol. The van der Waals surface area contributed by atoms with E-state index in [2.05, 4.69) is 15.3 Å². The molecule has 102 valence electrons. The zero-order valence-corrected chi connectivity index (χ0v) is 11.2. The molecule has 0 aliphatic carbocycles. The van der Waals surface area contributed by atoms with Gasteiger partial charge in [0.05, 0.1) is 16.9 Å². The molecule has 0 fully saturated rings. The summed E-state index contributed by atoms with van der Waals surface area (Å²) in [6.45, 7) is 1.68. The van der Waals surface area contributed by atoms with Gasteiger partial charge in [0.15, 0.2) is 0 Å². The van der Waals surface area contributed by atoms with E-state index < -0.39 is 11.9 Å². The fraction of sp³-hybridized carbons (Fsp3) is 0.0769. The highest BCUT2D eigenvalue weighted by molar-refractivity contribution is 6.29. The van der Waals surface area contributed by atoms with Crippen molar-refractivity contribution in [1.82, 2.24) is 9.97 Å². The van der Waals surface area contributed by atoms with Gasteiger partial charge in [-0.15, -0.1) is 0 Å². The summed E-state index contributed by atoms with van der Waals surface area (Å²) in [6.07, 6.45) is 1.36. The second-order valence-corrected chi connectivity index (χ2v) is 4.31. The molecule has 0 bridgehead atoms. The van der Waals surface area contributed by atoms with Gasteiger partial charge in [-0.3, -0.25) is 9.78 Å². The van der Waals surface area contributed by atoms with Gasteiger partial charge in [0, 0.05) is 6.20 Å². The Kier molecular flexibility index (Phi) is 3.95. The molecule has 0 unspecified atom stereocenters. The van der Waals surface area contributed by atoms with Crippen LogP contribution in [0.15, 0.2) is 30.5 Å². The molecular formula is C13H10ClN3O3. The number of aromatic nitrogens is 2. The number of carbonyl (C=O) groups is 2. The number of hydrogen-bond donors (Lipinski definition) is 2. The largest absolute Gasteiger partial charge is 0.478 e. The minimum Gasteiger partial charge on any atom is -0.478 e. The van der Waals surface area contributed by atoms with Crippen molar-refractivity contribution >= 4 is 29.2 Å². The summed E-state index contributed by atoms with van der Waals surface area (Å²) >= 11 is 5.72. The lowest BCUT2D eigenvalue weighted by atomic mass is 10.2. The van der Waals surface area contributed by atoms with Gasteiger partial charge in [0.2, 0.25) is 0 Å². The van der Waals surface area contributed by atoms with Gasteiger partial charge in [0.25, 0.3) is 5.91 Å². The van der Waals surface area contributed by atoms with Gasteiger partial charge in [-0.2, -0.15) is 0 Å². The van der Waals surface area contributed by atoms with Crippen LogP contribution < -0.4 is 5.32 Å². The number of aromatic carboxylic acids is 1. The predicted octanol–water partition coefficient (Wildman–Crippen LogP) is 2.39. The molecule has 6 nitrogen and oxygen atoms in total. The Hall–Kier alpha value is -2.47. The number of hydrogen-bond acceptors (Lipinski definition) is 4. The standard InChI is InChI=1S/C13H10ClN3O3/c1-7-9(4-5-10(14)16-7)17-12(18)11-8(13(19)20)3-2-6-15-11/h2-6H,1H3,(H,17,18)(H,19,20). The molecular weight excluding hydrogens is 282 g/mol. The number of halogens is 1. The van der Waals surface area contributed by atoms with Crippen LogP contribution in [0.25, 0.3) is 0 Å². The third kappa shape index (κ3) is 2.92. The van der Waals surface area contributed by atoms with Crippen LogP contribution in [0.5, 0.6) is 0 Å². The van der Waals surface area contributed by atoms with Crippen LogP contribution in [0.2, 0.25) is 5.15 Å². The van der Waals surface area contributed by atoms with Gasteiger partial charge in [-0.25, -0.2) is 9.78 Å². The summed E-state index contributed by atoms with van der Waals surface area (Å²) < 4.78 is 0. The van der Waals surface area contributed by atoms with Gasteiger partial charge in [0.1, 0.15) is 10.8 Å². The minimum atomic E-state index is -1.21. The van der Waals surface area contributed by atoms with Crippen LogP contribution in [0.4, 0.5) is 5.69 Å². The van der Waals surface area contributed by atoms with Crippen molar-refractivity contribution < 1.29 is 14.7 Å². The highest BCUT2D eigenvalue weighted by Gasteiger charge is 2.18. The van der Waals surface area contributed by atoms with Crippen molar-refractivity contribution in [3.05, 3.63) is 52.6 Å². The summed E-state index contributed by atoms with van der Waals surface area (Å²) in [4.78, 5) is 30.9. The average Bonchev–Trinajstić information content (AvgIpc) is 2.41. The van der Waals surface area contributed by atoms with Crippen molar-refractivity contribution in [1.29, 1.82) is 0 Å². The second-order valence-electron chi connectivity index (χ2n) is 3.93. The zero-order chi connectivity index (χ0) is 14.7. The quantitative estimate of drug-likeness (QED) is 0.847. The number of aryl methyl sites for hydroxylation is 1. The number of nitrogens with one attached hydrogen (secondary N) is 1. The molecule has 0 saturated heterocycles. The number of carboxylic acids is 1. The van der Waals surface area contributed by atoms with E-state index in [9.17, 15) is 9.59 Å². The van der Waals surface area contributed by atoms with E-state index in [4.69, 9.17) is 16.7 Å². The first-order chi connectivity index (χ1) is 9.49. The van der Waals surface area contributed by atoms with E-state index in [0.29, 0.717) is 16.5 Å². The lowest BCUT2D eigenvalue weighted by molar-refractivity contribution is 0.0691. The number of carbonyl (C=O) groups excluding carboxylic acids is 1. The lowest BCUT2D eigenvalue weighted by Gasteiger charge is -2.08. The first kappa shape index (κ1) is 14.0.